The molecule has 7 nitrogen and oxygen atoms in total. The first-order chi connectivity index (χ1) is 15.2. The summed E-state index contributed by atoms with van der Waals surface area (Å²) in [6.45, 7) is 5.38. The molecule has 168 valence electrons. The van der Waals surface area contributed by atoms with Gasteiger partial charge in [-0.15, -0.1) is 0 Å². The molecule has 0 spiro atoms. The third kappa shape index (κ3) is 5.87. The number of pyridine rings is 1. The van der Waals surface area contributed by atoms with Crippen molar-refractivity contribution < 1.29 is 14.1 Å². The number of hydrogen-bond acceptors (Lipinski definition) is 7. The van der Waals surface area contributed by atoms with E-state index in [1.165, 1.54) is 24.8 Å². The average molecular weight is 445 g/mol. The zero-order valence-electron chi connectivity index (χ0n) is 18.2. The Kier molecular flexibility index (Phi) is 7.63. The van der Waals surface area contributed by atoms with Crippen LogP contribution in [0.15, 0.2) is 35.6 Å². The zero-order valence-corrected chi connectivity index (χ0v) is 19.0. The van der Waals surface area contributed by atoms with Gasteiger partial charge in [-0.25, -0.2) is 9.97 Å². The minimum Gasteiger partial charge on any atom is -0.395 e. The van der Waals surface area contributed by atoms with Crippen LogP contribution >= 0.6 is 0 Å². The van der Waals surface area contributed by atoms with E-state index in [4.69, 9.17) is 9.84 Å². The summed E-state index contributed by atoms with van der Waals surface area (Å²) in [5.41, 5.74) is 2.03. The maximum absolute atomic E-state index is 11.9. The molecule has 1 saturated heterocycles. The third-order valence-corrected chi connectivity index (χ3v) is 7.74. The van der Waals surface area contributed by atoms with E-state index in [0.29, 0.717) is 17.4 Å². The van der Waals surface area contributed by atoms with Gasteiger partial charge >= 0.3 is 0 Å². The summed E-state index contributed by atoms with van der Waals surface area (Å²) < 4.78 is 17.8. The first kappa shape index (κ1) is 22.3. The van der Waals surface area contributed by atoms with E-state index in [-0.39, 0.29) is 12.4 Å². The largest absolute Gasteiger partial charge is 0.395 e. The van der Waals surface area contributed by atoms with E-state index in [9.17, 15) is 4.21 Å². The fraction of sp³-hybridized carbons (Fsp3) is 0.609. The summed E-state index contributed by atoms with van der Waals surface area (Å²) >= 11 is 0. The highest BCUT2D eigenvalue weighted by atomic mass is 32.2. The minimum atomic E-state index is -1.18. The molecule has 2 aromatic rings. The zero-order chi connectivity index (χ0) is 21.6. The molecule has 2 aromatic heterocycles. The van der Waals surface area contributed by atoms with Gasteiger partial charge in [-0.2, -0.15) is 0 Å². The molecule has 31 heavy (non-hydrogen) atoms. The van der Waals surface area contributed by atoms with Gasteiger partial charge in [0.2, 0.25) is 5.95 Å². The molecule has 0 bridgehead atoms. The number of aryl methyl sites for hydroxylation is 1. The Bertz CT molecular complexity index is 854. The highest BCUT2D eigenvalue weighted by Gasteiger charge is 2.43. The summed E-state index contributed by atoms with van der Waals surface area (Å²) in [5, 5.41) is 8.88. The number of aliphatic hydroxyl groups excluding tert-OH is 1. The van der Waals surface area contributed by atoms with E-state index in [1.807, 2.05) is 24.5 Å². The number of ether oxygens (including phenoxy) is 1. The predicted molar refractivity (Wildman–Crippen MR) is 120 cm³/mol. The van der Waals surface area contributed by atoms with Crippen molar-refractivity contribution in [3.05, 3.63) is 42.0 Å². The van der Waals surface area contributed by atoms with Crippen molar-refractivity contribution in [1.82, 2.24) is 15.0 Å². The van der Waals surface area contributed by atoms with E-state index >= 15 is 0 Å². The van der Waals surface area contributed by atoms with Crippen molar-refractivity contribution in [2.45, 2.75) is 44.1 Å². The van der Waals surface area contributed by atoms with Gasteiger partial charge in [-0.3, -0.25) is 9.19 Å². The standard InChI is InChI=1S/C23H32N4O3S/c1-2-17-12-25-23(26-13-17)27-7-5-18(6-8-27)22-11-19(22)15-30-16-20-3-4-21(14-24-20)31(29)10-9-28/h3-4,12-14,18-19,22,28H,2,5-11,15-16H2,1H3. The number of aliphatic hydroxyl groups is 1. The van der Waals surface area contributed by atoms with Crippen LogP contribution in [-0.2, 0) is 28.6 Å². The Labute approximate surface area is 186 Å². The summed E-state index contributed by atoms with van der Waals surface area (Å²) in [6, 6.07) is 3.67. The van der Waals surface area contributed by atoms with Crippen LogP contribution in [0.25, 0.3) is 0 Å². The van der Waals surface area contributed by atoms with Gasteiger partial charge in [-0.05, 0) is 61.1 Å². The Balaban J connectivity index is 1.15. The molecule has 2 fully saturated rings. The number of nitrogens with zero attached hydrogens (tertiary/aromatic N) is 4. The molecule has 0 amide bonds. The summed E-state index contributed by atoms with van der Waals surface area (Å²) in [5.74, 6) is 3.33. The van der Waals surface area contributed by atoms with Crippen LogP contribution in [-0.4, -0.2) is 56.3 Å². The number of aromatic nitrogens is 3. The lowest BCUT2D eigenvalue weighted by Crippen LogP contribution is -2.35. The minimum absolute atomic E-state index is 0.0844. The van der Waals surface area contributed by atoms with Crippen LogP contribution in [0.1, 0.15) is 37.4 Å². The first-order valence-corrected chi connectivity index (χ1v) is 12.6. The topological polar surface area (TPSA) is 88.4 Å². The van der Waals surface area contributed by atoms with Crippen LogP contribution < -0.4 is 4.90 Å². The van der Waals surface area contributed by atoms with Gasteiger partial charge in [0, 0.05) is 31.7 Å². The van der Waals surface area contributed by atoms with E-state index in [1.54, 1.807) is 6.20 Å². The summed E-state index contributed by atoms with van der Waals surface area (Å²) in [4.78, 5) is 16.4. The van der Waals surface area contributed by atoms with Crippen LogP contribution in [0.3, 0.4) is 0 Å². The molecule has 1 aliphatic heterocycles. The van der Waals surface area contributed by atoms with Crippen molar-refractivity contribution in [1.29, 1.82) is 0 Å². The lowest BCUT2D eigenvalue weighted by Gasteiger charge is -2.32. The second kappa shape index (κ2) is 10.6. The van der Waals surface area contributed by atoms with Crippen LogP contribution in [0.5, 0.6) is 0 Å². The third-order valence-electron chi connectivity index (χ3n) is 6.42. The number of anilines is 1. The van der Waals surface area contributed by atoms with E-state index < -0.39 is 10.8 Å². The molecule has 1 aliphatic carbocycles. The van der Waals surface area contributed by atoms with Gasteiger partial charge in [0.1, 0.15) is 0 Å². The van der Waals surface area contributed by atoms with Gasteiger partial charge in [0.25, 0.3) is 0 Å². The highest BCUT2D eigenvalue weighted by molar-refractivity contribution is 7.85. The monoisotopic (exact) mass is 444 g/mol. The van der Waals surface area contributed by atoms with E-state index in [0.717, 1.165) is 49.6 Å². The maximum Gasteiger partial charge on any atom is 0.225 e. The molecule has 4 rings (SSSR count). The Morgan fingerprint density at radius 1 is 1.16 bits per heavy atom. The second-order valence-electron chi connectivity index (χ2n) is 8.50. The van der Waals surface area contributed by atoms with Crippen molar-refractivity contribution in [2.75, 3.05) is 37.0 Å². The lowest BCUT2D eigenvalue weighted by molar-refractivity contribution is 0.102. The SMILES string of the molecule is CCc1cnc(N2CCC(C3CC3COCc3ccc(S(=O)CCO)cn3)CC2)nc1. The molecule has 3 heterocycles. The molecule has 1 N–H and O–H groups in total. The van der Waals surface area contributed by atoms with Gasteiger partial charge in [-0.1, -0.05) is 6.92 Å². The van der Waals surface area contributed by atoms with Gasteiger partial charge in [0.05, 0.1) is 47.0 Å². The normalized spacial score (nSPS) is 22.5. The average Bonchev–Trinajstić information content (AvgIpc) is 3.59. The molecule has 0 radical (unpaired) electrons. The first-order valence-electron chi connectivity index (χ1n) is 11.3. The highest BCUT2D eigenvalue weighted by Crippen LogP contribution is 2.48. The number of piperidine rings is 1. The number of hydrogen-bond donors (Lipinski definition) is 1. The molecule has 1 saturated carbocycles. The molecule has 2 aliphatic rings. The fourth-order valence-electron chi connectivity index (χ4n) is 4.41. The number of rotatable bonds is 10. The van der Waals surface area contributed by atoms with Crippen molar-refractivity contribution in [2.24, 2.45) is 17.8 Å². The maximum atomic E-state index is 11.9. The van der Waals surface area contributed by atoms with Crippen molar-refractivity contribution in [3.63, 3.8) is 0 Å². The van der Waals surface area contributed by atoms with Gasteiger partial charge < -0.3 is 14.7 Å². The fourth-order valence-corrected chi connectivity index (χ4v) is 5.20. The summed E-state index contributed by atoms with van der Waals surface area (Å²) in [6.07, 6.45) is 10.2. The lowest BCUT2D eigenvalue weighted by atomic mass is 9.91. The quantitative estimate of drug-likeness (QED) is 0.603. The second-order valence-corrected chi connectivity index (χ2v) is 10.1. The van der Waals surface area contributed by atoms with Gasteiger partial charge in [0.15, 0.2) is 0 Å². The molecule has 3 atom stereocenters. The Hall–Kier alpha value is -1.90. The predicted octanol–water partition coefficient (Wildman–Crippen LogP) is 2.60. The molecule has 3 unspecified atom stereocenters. The van der Waals surface area contributed by atoms with Crippen molar-refractivity contribution in [3.8, 4) is 0 Å². The molecular weight excluding hydrogens is 412 g/mol. The molecule has 0 aromatic carbocycles. The van der Waals surface area contributed by atoms with Crippen LogP contribution in [0, 0.1) is 17.8 Å². The molecular formula is C23H32N4O3S. The van der Waals surface area contributed by atoms with Crippen LogP contribution in [0.2, 0.25) is 0 Å². The molecule has 8 heteroatoms. The summed E-state index contributed by atoms with van der Waals surface area (Å²) in [7, 11) is -1.18. The van der Waals surface area contributed by atoms with Crippen molar-refractivity contribution >= 4 is 16.7 Å². The smallest absolute Gasteiger partial charge is 0.225 e. The Morgan fingerprint density at radius 2 is 1.94 bits per heavy atom. The van der Waals surface area contributed by atoms with E-state index in [2.05, 4.69) is 26.8 Å². The van der Waals surface area contributed by atoms with Crippen LogP contribution in [0.4, 0.5) is 5.95 Å². The Morgan fingerprint density at radius 3 is 2.58 bits per heavy atom.